The monoisotopic (exact) mass is 1010 g/mol. The Morgan fingerprint density at radius 3 is 1.20 bits per heavy atom. The smallest absolute Gasteiger partial charge is 0.306 e. The zero-order valence-electron chi connectivity index (χ0n) is 43.1. The lowest BCUT2D eigenvalue weighted by Gasteiger charge is -2.31. The quantitative estimate of drug-likeness (QED) is 0.0357. The van der Waals surface area contributed by atoms with Gasteiger partial charge in [-0.15, -0.1) is 23.2 Å². The molecule has 0 aromatic heterocycles. The Morgan fingerprint density at radius 1 is 0.563 bits per heavy atom. The van der Waals surface area contributed by atoms with E-state index in [0.29, 0.717) is 12.3 Å². The minimum atomic E-state index is -0.486. The van der Waals surface area contributed by atoms with Crippen LogP contribution in [0.5, 0.6) is 0 Å². The van der Waals surface area contributed by atoms with Crippen molar-refractivity contribution in [1.29, 1.82) is 0 Å². The average Bonchev–Trinajstić information content (AvgIpc) is 3.88. The molecule has 386 valence electrons. The first kappa shape index (κ1) is 58.5. The zero-order valence-corrected chi connectivity index (χ0v) is 44.6. The number of hydrogen-bond acceptors (Lipinski definition) is 8. The van der Waals surface area contributed by atoms with E-state index in [-0.39, 0.29) is 103 Å². The zero-order chi connectivity index (χ0) is 52.0. The van der Waals surface area contributed by atoms with Gasteiger partial charge in [0, 0.05) is 48.8 Å². The molecule has 0 bridgehead atoms. The summed E-state index contributed by atoms with van der Waals surface area (Å²) in [6.45, 7) is 16.9. The third-order valence-corrected chi connectivity index (χ3v) is 14.5. The number of alkyl halides is 2. The molecule has 2 amide bonds. The number of amides is 2. The molecule has 12 heteroatoms. The second-order valence-corrected chi connectivity index (χ2v) is 20.3. The summed E-state index contributed by atoms with van der Waals surface area (Å²) < 4.78 is 11.4. The Kier molecular flexibility index (Phi) is 24.8. The van der Waals surface area contributed by atoms with Crippen LogP contribution in [0.15, 0.2) is 97.1 Å². The fourth-order valence-corrected chi connectivity index (χ4v) is 9.95. The number of rotatable bonds is 24. The first-order valence-electron chi connectivity index (χ1n) is 25.6. The summed E-state index contributed by atoms with van der Waals surface area (Å²) in [5.41, 5.74) is 9.45. The van der Waals surface area contributed by atoms with E-state index in [4.69, 9.17) is 37.8 Å². The van der Waals surface area contributed by atoms with Crippen molar-refractivity contribution in [1.82, 2.24) is 10.6 Å². The van der Waals surface area contributed by atoms with Crippen LogP contribution >= 0.6 is 23.2 Å². The molecule has 3 N–H and O–H groups in total. The molecular weight excluding hydrogens is 936 g/mol. The predicted octanol–water partition coefficient (Wildman–Crippen LogP) is 12.2. The van der Waals surface area contributed by atoms with Gasteiger partial charge >= 0.3 is 11.9 Å². The van der Waals surface area contributed by atoms with E-state index in [1.807, 2.05) is 48.5 Å². The van der Waals surface area contributed by atoms with Gasteiger partial charge in [-0.3, -0.25) is 19.2 Å². The van der Waals surface area contributed by atoms with E-state index < -0.39 is 11.8 Å². The number of aliphatic hydroxyl groups excluding tert-OH is 1. The summed E-state index contributed by atoms with van der Waals surface area (Å²) in [5, 5.41) is 15.7. The van der Waals surface area contributed by atoms with Crippen molar-refractivity contribution in [2.45, 2.75) is 131 Å². The molecule has 4 aromatic carbocycles. The maximum absolute atomic E-state index is 12.9. The highest BCUT2D eigenvalue weighted by Gasteiger charge is 2.33. The summed E-state index contributed by atoms with van der Waals surface area (Å²) in [4.78, 5) is 61.9. The van der Waals surface area contributed by atoms with Crippen LogP contribution in [0.25, 0.3) is 22.3 Å². The molecule has 0 saturated heterocycles. The SMILES string of the molecule is CC[C@H](C)[C@@H](NC(=O)[C@@H](C)CC(=O)OCC1c2ccccc2-c2ccccc21)[C@@H](C)CCC=O.CC[C@H](C)[C@@H](NC(=O)[C@@H](C)CC(=O)OCC1c2ccccc2-c2ccccc21)[C@@H](C)CCCO.ClCCl. The molecular formula is C59H78Cl2N2O8. The van der Waals surface area contributed by atoms with E-state index in [1.165, 1.54) is 44.5 Å². The Labute approximate surface area is 433 Å². The lowest BCUT2D eigenvalue weighted by Crippen LogP contribution is -2.46. The highest BCUT2D eigenvalue weighted by molar-refractivity contribution is 6.40. The van der Waals surface area contributed by atoms with Gasteiger partial charge in [0.25, 0.3) is 0 Å². The third kappa shape index (κ3) is 16.5. The van der Waals surface area contributed by atoms with Crippen molar-refractivity contribution in [3.05, 3.63) is 119 Å². The van der Waals surface area contributed by atoms with Gasteiger partial charge in [-0.25, -0.2) is 0 Å². The Hall–Kier alpha value is -5.03. The number of ether oxygens (including phenoxy) is 2. The first-order valence-corrected chi connectivity index (χ1v) is 26.7. The van der Waals surface area contributed by atoms with E-state index in [1.54, 1.807) is 13.8 Å². The molecule has 10 nitrogen and oxygen atoms in total. The van der Waals surface area contributed by atoms with Crippen LogP contribution in [0.3, 0.4) is 0 Å². The van der Waals surface area contributed by atoms with Gasteiger partial charge < -0.3 is 30.0 Å². The fourth-order valence-electron chi connectivity index (χ4n) is 9.95. The standard InChI is InChI=1S/C29H39NO4.C29H37NO4.CH2Cl2/c2*1-5-19(2)28(20(3)11-10-16-31)30-29(33)21(4)17-27(32)34-18-26-24-14-8-6-12-22(24)23-13-7-9-15-25(23)26;2-1-3/h6-9,12-15,19-21,26,28,31H,5,10-11,16-18H2,1-4H3,(H,30,33);6-9,12-16,19-21,26,28H,5,10-11,17-18H2,1-4H3,(H,30,33);1H2/t2*19-,20-,21-,28+;/m00./s1. The lowest BCUT2D eigenvalue weighted by atomic mass is 9.85. The van der Waals surface area contributed by atoms with E-state index in [2.05, 4.69) is 101 Å². The minimum absolute atomic E-state index is 0.00827. The summed E-state index contributed by atoms with van der Waals surface area (Å²) >= 11 is 9.53. The molecule has 0 aliphatic heterocycles. The molecule has 0 fully saturated rings. The Balaban J connectivity index is 0.000000292. The first-order chi connectivity index (χ1) is 34.1. The van der Waals surface area contributed by atoms with Gasteiger partial charge in [-0.05, 0) is 87.4 Å². The molecule has 0 heterocycles. The van der Waals surface area contributed by atoms with Crippen LogP contribution in [0.4, 0.5) is 0 Å². The highest BCUT2D eigenvalue weighted by atomic mass is 35.5. The second kappa shape index (κ2) is 30.1. The number of nitrogens with one attached hydrogen (secondary N) is 2. The molecule has 4 aromatic rings. The van der Waals surface area contributed by atoms with Crippen molar-refractivity contribution in [3.8, 4) is 22.3 Å². The van der Waals surface area contributed by atoms with Crippen LogP contribution in [0.2, 0.25) is 0 Å². The van der Waals surface area contributed by atoms with E-state index in [0.717, 1.165) is 38.4 Å². The van der Waals surface area contributed by atoms with Gasteiger partial charge in [-0.1, -0.05) is 165 Å². The molecule has 2 aliphatic rings. The summed E-state index contributed by atoms with van der Waals surface area (Å²) in [7, 11) is 0. The number of halogens is 2. The second-order valence-electron chi connectivity index (χ2n) is 19.5. The number of aldehydes is 1. The summed E-state index contributed by atoms with van der Waals surface area (Å²) in [5.74, 6) is -0.850. The molecule has 0 saturated carbocycles. The normalized spacial score (nSPS) is 15.6. The van der Waals surface area contributed by atoms with Gasteiger partial charge in [0.1, 0.15) is 19.5 Å². The van der Waals surface area contributed by atoms with Crippen molar-refractivity contribution < 1.29 is 38.6 Å². The number of aliphatic hydroxyl groups is 1. The third-order valence-electron chi connectivity index (χ3n) is 14.5. The summed E-state index contributed by atoms with van der Waals surface area (Å²) in [6, 6.07) is 32.9. The van der Waals surface area contributed by atoms with Crippen LogP contribution in [-0.2, 0) is 33.4 Å². The van der Waals surface area contributed by atoms with Crippen LogP contribution < -0.4 is 10.6 Å². The number of benzene rings is 4. The van der Waals surface area contributed by atoms with Crippen molar-refractivity contribution >= 4 is 53.2 Å². The molecule has 0 spiro atoms. The fraction of sp³-hybridized carbons (Fsp3) is 0.508. The Morgan fingerprint density at radius 2 is 0.887 bits per heavy atom. The van der Waals surface area contributed by atoms with E-state index >= 15 is 0 Å². The highest BCUT2D eigenvalue weighted by Crippen LogP contribution is 2.46. The van der Waals surface area contributed by atoms with Crippen molar-refractivity contribution in [2.24, 2.45) is 35.5 Å². The van der Waals surface area contributed by atoms with Crippen LogP contribution in [-0.4, -0.2) is 72.4 Å². The number of esters is 2. The number of fused-ring (bicyclic) bond motifs is 6. The molecule has 6 rings (SSSR count). The van der Waals surface area contributed by atoms with E-state index in [9.17, 15) is 24.0 Å². The summed E-state index contributed by atoms with van der Waals surface area (Å²) in [6.07, 6.45) is 5.70. The van der Waals surface area contributed by atoms with Gasteiger partial charge in [0.2, 0.25) is 11.8 Å². The van der Waals surface area contributed by atoms with Crippen molar-refractivity contribution in [2.75, 3.05) is 25.2 Å². The molecule has 8 atom stereocenters. The number of carbonyl (C=O) groups is 5. The predicted molar refractivity (Wildman–Crippen MR) is 286 cm³/mol. The molecule has 0 unspecified atom stereocenters. The minimum Gasteiger partial charge on any atom is -0.465 e. The number of hydrogen-bond donors (Lipinski definition) is 3. The number of carbonyl (C=O) groups excluding carboxylic acids is 5. The Bertz CT molecular complexity index is 2230. The maximum atomic E-state index is 12.9. The molecule has 71 heavy (non-hydrogen) atoms. The largest absolute Gasteiger partial charge is 0.465 e. The van der Waals surface area contributed by atoms with Crippen LogP contribution in [0, 0.1) is 35.5 Å². The average molecular weight is 1010 g/mol. The van der Waals surface area contributed by atoms with Gasteiger partial charge in [-0.2, -0.15) is 0 Å². The van der Waals surface area contributed by atoms with Gasteiger partial charge in [0.15, 0.2) is 0 Å². The van der Waals surface area contributed by atoms with Gasteiger partial charge in [0.05, 0.1) is 18.2 Å². The molecule has 2 aliphatic carbocycles. The molecule has 0 radical (unpaired) electrons. The van der Waals surface area contributed by atoms with Crippen molar-refractivity contribution in [3.63, 3.8) is 0 Å². The van der Waals surface area contributed by atoms with Crippen LogP contribution in [0.1, 0.15) is 141 Å². The lowest BCUT2D eigenvalue weighted by molar-refractivity contribution is -0.147. The topological polar surface area (TPSA) is 148 Å². The maximum Gasteiger partial charge on any atom is 0.306 e.